The Bertz CT molecular complexity index is 962. The molecule has 0 unspecified atom stereocenters. The predicted octanol–water partition coefficient (Wildman–Crippen LogP) is 3.77. The zero-order valence-electron chi connectivity index (χ0n) is 12.6. The van der Waals surface area contributed by atoms with Crippen LogP contribution in [0.25, 0.3) is 6.08 Å². The van der Waals surface area contributed by atoms with Crippen molar-refractivity contribution in [2.45, 2.75) is 0 Å². The van der Waals surface area contributed by atoms with Gasteiger partial charge in [-0.05, 0) is 30.3 Å². The number of non-ortho nitro benzene ring substituents is 1. The van der Waals surface area contributed by atoms with Gasteiger partial charge in [0, 0.05) is 28.3 Å². The molecule has 0 radical (unpaired) electrons. The van der Waals surface area contributed by atoms with Crippen molar-refractivity contribution in [1.82, 2.24) is 0 Å². The van der Waals surface area contributed by atoms with Crippen LogP contribution in [0.1, 0.15) is 15.9 Å². The fourth-order valence-corrected chi connectivity index (χ4v) is 2.42. The van der Waals surface area contributed by atoms with E-state index >= 15 is 0 Å². The van der Waals surface area contributed by atoms with Gasteiger partial charge in [-0.25, -0.2) is 0 Å². The number of nitro groups is 1. The Kier molecular flexibility index (Phi) is 4.37. The van der Waals surface area contributed by atoms with Gasteiger partial charge < -0.3 is 9.47 Å². The van der Waals surface area contributed by atoms with Crippen LogP contribution < -0.4 is 9.47 Å². The molecule has 0 saturated heterocycles. The Hall–Kier alpha value is -3.37. The molecule has 0 spiro atoms. The summed E-state index contributed by atoms with van der Waals surface area (Å²) in [4.78, 5) is 22.8. The average Bonchev–Trinajstić information content (AvgIpc) is 3.07. The summed E-state index contributed by atoms with van der Waals surface area (Å²) in [7, 11) is 0. The summed E-state index contributed by atoms with van der Waals surface area (Å²) in [6, 6.07) is 10.1. The van der Waals surface area contributed by atoms with E-state index in [0.717, 1.165) is 0 Å². The number of benzene rings is 2. The lowest BCUT2D eigenvalue weighted by molar-refractivity contribution is -0.384. The van der Waals surface area contributed by atoms with E-state index in [1.165, 1.54) is 36.4 Å². The van der Waals surface area contributed by atoms with Crippen molar-refractivity contribution in [3.8, 4) is 17.6 Å². The minimum atomic E-state index is -0.584. The second-order valence-corrected chi connectivity index (χ2v) is 5.44. The zero-order chi connectivity index (χ0) is 18.0. The van der Waals surface area contributed by atoms with Crippen LogP contribution in [0, 0.1) is 21.4 Å². The number of fused-ring (bicyclic) bond motifs is 1. The highest BCUT2D eigenvalue weighted by molar-refractivity contribution is 6.32. The summed E-state index contributed by atoms with van der Waals surface area (Å²) in [5, 5.41) is 20.4. The maximum atomic E-state index is 12.5. The van der Waals surface area contributed by atoms with E-state index in [0.29, 0.717) is 11.5 Å². The number of Topliss-reactive ketones (excluding diaryl/α,β-unsaturated/α-hetero) is 1. The van der Waals surface area contributed by atoms with Gasteiger partial charge in [-0.2, -0.15) is 5.26 Å². The third kappa shape index (κ3) is 3.29. The van der Waals surface area contributed by atoms with Crippen LogP contribution in [0.5, 0.6) is 11.5 Å². The third-order valence-electron chi connectivity index (χ3n) is 3.49. The van der Waals surface area contributed by atoms with Crippen molar-refractivity contribution in [3.63, 3.8) is 0 Å². The van der Waals surface area contributed by atoms with Gasteiger partial charge in [0.2, 0.25) is 12.6 Å². The normalized spacial score (nSPS) is 12.6. The van der Waals surface area contributed by atoms with E-state index in [-0.39, 0.29) is 34.2 Å². The van der Waals surface area contributed by atoms with Gasteiger partial charge in [0.1, 0.15) is 11.6 Å². The molecule has 0 amide bonds. The topological polar surface area (TPSA) is 102 Å². The molecule has 0 aliphatic carbocycles. The molecular formula is C17H9ClN2O5. The number of nitro benzene ring substituents is 1. The predicted molar refractivity (Wildman–Crippen MR) is 88.6 cm³/mol. The molecule has 0 aromatic heterocycles. The molecule has 25 heavy (non-hydrogen) atoms. The SMILES string of the molecule is N#CC(=Cc1cc([N+](=O)[O-])ccc1Cl)C(=O)c1ccc2c(c1)OCO2. The van der Waals surface area contributed by atoms with Gasteiger partial charge in [0.15, 0.2) is 11.5 Å². The Labute approximate surface area is 146 Å². The number of carbonyl (C=O) groups is 1. The summed E-state index contributed by atoms with van der Waals surface area (Å²) in [5.41, 5.74) is 0.0462. The minimum absolute atomic E-state index is 0.0667. The lowest BCUT2D eigenvalue weighted by atomic mass is 10.0. The van der Waals surface area contributed by atoms with E-state index in [2.05, 4.69) is 0 Å². The summed E-state index contributed by atoms with van der Waals surface area (Å²) in [6.45, 7) is 0.0667. The largest absolute Gasteiger partial charge is 0.454 e. The zero-order valence-corrected chi connectivity index (χ0v) is 13.3. The van der Waals surface area contributed by atoms with Crippen molar-refractivity contribution >= 4 is 29.1 Å². The lowest BCUT2D eigenvalue weighted by Gasteiger charge is -2.03. The first-order valence-electron chi connectivity index (χ1n) is 6.99. The smallest absolute Gasteiger partial charge is 0.270 e. The lowest BCUT2D eigenvalue weighted by Crippen LogP contribution is -2.02. The molecule has 8 heteroatoms. The average molecular weight is 357 g/mol. The van der Waals surface area contributed by atoms with Gasteiger partial charge in [0.05, 0.1) is 4.92 Å². The van der Waals surface area contributed by atoms with Crippen LogP contribution in [0.3, 0.4) is 0 Å². The summed E-state index contributed by atoms with van der Waals surface area (Å²) < 4.78 is 10.4. The molecule has 2 aromatic carbocycles. The Morgan fingerprint density at radius 3 is 2.72 bits per heavy atom. The molecule has 1 aliphatic rings. The summed E-state index contributed by atoms with van der Waals surface area (Å²) in [5.74, 6) is 0.376. The molecule has 2 aromatic rings. The number of allylic oxidation sites excluding steroid dienone is 1. The second-order valence-electron chi connectivity index (χ2n) is 5.03. The molecule has 0 bridgehead atoms. The Morgan fingerprint density at radius 2 is 2.00 bits per heavy atom. The minimum Gasteiger partial charge on any atom is -0.454 e. The van der Waals surface area contributed by atoms with Crippen molar-refractivity contribution in [1.29, 1.82) is 5.26 Å². The fraction of sp³-hybridized carbons (Fsp3) is 0.0588. The third-order valence-corrected chi connectivity index (χ3v) is 3.83. The van der Waals surface area contributed by atoms with E-state index in [1.54, 1.807) is 12.1 Å². The molecule has 0 N–H and O–H groups in total. The molecule has 7 nitrogen and oxygen atoms in total. The molecule has 1 aliphatic heterocycles. The van der Waals surface area contributed by atoms with Crippen molar-refractivity contribution in [2.75, 3.05) is 6.79 Å². The molecule has 0 atom stereocenters. The quantitative estimate of drug-likeness (QED) is 0.271. The first kappa shape index (κ1) is 16.5. The van der Waals surface area contributed by atoms with Crippen molar-refractivity contribution in [2.24, 2.45) is 0 Å². The maximum absolute atomic E-state index is 12.5. The van der Waals surface area contributed by atoms with Gasteiger partial charge >= 0.3 is 0 Å². The first-order valence-corrected chi connectivity index (χ1v) is 7.37. The monoisotopic (exact) mass is 356 g/mol. The maximum Gasteiger partial charge on any atom is 0.270 e. The number of nitriles is 1. The van der Waals surface area contributed by atoms with Crippen molar-refractivity contribution in [3.05, 3.63) is 68.2 Å². The van der Waals surface area contributed by atoms with Crippen LogP contribution >= 0.6 is 11.6 Å². The van der Waals surface area contributed by atoms with Gasteiger partial charge in [-0.15, -0.1) is 0 Å². The number of rotatable bonds is 4. The van der Waals surface area contributed by atoms with Gasteiger partial charge in [-0.1, -0.05) is 11.6 Å². The van der Waals surface area contributed by atoms with Crippen LogP contribution in [-0.2, 0) is 0 Å². The van der Waals surface area contributed by atoms with E-state index in [9.17, 15) is 20.2 Å². The summed E-state index contributed by atoms with van der Waals surface area (Å²) >= 11 is 6.00. The number of carbonyl (C=O) groups excluding carboxylic acids is 1. The molecule has 0 fully saturated rings. The van der Waals surface area contributed by atoms with Crippen LogP contribution in [0.2, 0.25) is 5.02 Å². The highest BCUT2D eigenvalue weighted by Gasteiger charge is 2.19. The standard InChI is InChI=1S/C17H9ClN2O5/c18-14-3-2-13(20(22)23)6-11(14)5-12(8-19)17(21)10-1-4-15-16(7-10)25-9-24-15/h1-7H,9H2. The highest BCUT2D eigenvalue weighted by atomic mass is 35.5. The molecule has 0 saturated carbocycles. The van der Waals surface area contributed by atoms with E-state index in [4.69, 9.17) is 21.1 Å². The highest BCUT2D eigenvalue weighted by Crippen LogP contribution is 2.33. The van der Waals surface area contributed by atoms with E-state index < -0.39 is 10.7 Å². The van der Waals surface area contributed by atoms with Crippen LogP contribution in [0.15, 0.2) is 42.0 Å². The number of ether oxygens (including phenoxy) is 2. The number of nitrogens with zero attached hydrogens (tertiary/aromatic N) is 2. The fourth-order valence-electron chi connectivity index (χ4n) is 2.25. The number of ketones is 1. The Morgan fingerprint density at radius 1 is 1.24 bits per heavy atom. The number of hydrogen-bond acceptors (Lipinski definition) is 6. The molecule has 3 rings (SSSR count). The van der Waals surface area contributed by atoms with E-state index in [1.807, 2.05) is 0 Å². The summed E-state index contributed by atoms with van der Waals surface area (Å²) in [6.07, 6.45) is 1.22. The molecule has 1 heterocycles. The Balaban J connectivity index is 1.98. The van der Waals surface area contributed by atoms with Crippen LogP contribution in [-0.4, -0.2) is 17.5 Å². The molecule has 124 valence electrons. The van der Waals surface area contributed by atoms with Crippen LogP contribution in [0.4, 0.5) is 5.69 Å². The van der Waals surface area contributed by atoms with Crippen molar-refractivity contribution < 1.29 is 19.2 Å². The number of hydrogen-bond donors (Lipinski definition) is 0. The first-order chi connectivity index (χ1) is 12.0. The number of halogens is 1. The van der Waals surface area contributed by atoms with Gasteiger partial charge in [-0.3, -0.25) is 14.9 Å². The van der Waals surface area contributed by atoms with Gasteiger partial charge in [0.25, 0.3) is 5.69 Å². The second kappa shape index (κ2) is 6.63. The molecular weight excluding hydrogens is 348 g/mol.